The predicted molar refractivity (Wildman–Crippen MR) is 56.2 cm³/mol. The molecule has 11 heavy (non-hydrogen) atoms. The fourth-order valence-electron chi connectivity index (χ4n) is 0.870. The van der Waals surface area contributed by atoms with Crippen molar-refractivity contribution in [1.82, 2.24) is 0 Å². The highest BCUT2D eigenvalue weighted by atomic mass is 31.0. The second-order valence-corrected chi connectivity index (χ2v) is 3.43. The van der Waals surface area contributed by atoms with E-state index in [9.17, 15) is 0 Å². The molecule has 2 atom stereocenters. The summed E-state index contributed by atoms with van der Waals surface area (Å²) < 4.78 is 0. The summed E-state index contributed by atoms with van der Waals surface area (Å²) in [5, 5.41) is 0. The third-order valence-corrected chi connectivity index (χ3v) is 2.18. The highest BCUT2D eigenvalue weighted by Crippen LogP contribution is 2.12. The maximum atomic E-state index is 4.22. The molecule has 1 nitrogen and oxygen atoms in total. The van der Waals surface area contributed by atoms with Crippen LogP contribution in [0.15, 0.2) is 16.9 Å². The Bertz CT molecular complexity index is 159. The first-order chi connectivity index (χ1) is 5.13. The van der Waals surface area contributed by atoms with Crippen LogP contribution in [0.2, 0.25) is 0 Å². The summed E-state index contributed by atoms with van der Waals surface area (Å²) in [6.07, 6.45) is 2.05. The van der Waals surface area contributed by atoms with Gasteiger partial charge >= 0.3 is 0 Å². The van der Waals surface area contributed by atoms with Crippen LogP contribution in [0.5, 0.6) is 0 Å². The molecule has 0 aromatic heterocycles. The van der Waals surface area contributed by atoms with Gasteiger partial charge in [0.25, 0.3) is 0 Å². The quantitative estimate of drug-likeness (QED) is 0.457. The number of hydrogen-bond acceptors (Lipinski definition) is 1. The smallest absolute Gasteiger partial charge is 0.0375 e. The van der Waals surface area contributed by atoms with Gasteiger partial charge in [0, 0.05) is 18.7 Å². The van der Waals surface area contributed by atoms with Crippen molar-refractivity contribution >= 4 is 15.0 Å². The molecule has 0 aromatic carbocycles. The lowest BCUT2D eigenvalue weighted by molar-refractivity contribution is 0.533. The Morgan fingerprint density at radius 3 is 2.18 bits per heavy atom. The Balaban J connectivity index is 4.27. The minimum atomic E-state index is 0.553. The first-order valence-electron chi connectivity index (χ1n) is 3.98. The Kier molecular flexibility index (Phi) is 5.41. The van der Waals surface area contributed by atoms with Crippen molar-refractivity contribution in [2.45, 2.75) is 20.8 Å². The molecule has 0 aliphatic rings. The third kappa shape index (κ3) is 3.67. The number of hydrogen-bond donors (Lipinski definition) is 0. The number of rotatable bonds is 3. The molecule has 2 heteroatoms. The van der Waals surface area contributed by atoms with Crippen LogP contribution in [0.4, 0.5) is 0 Å². The highest BCUT2D eigenvalue weighted by molar-refractivity contribution is 7.20. The first kappa shape index (κ1) is 10.8. The molecular formula is C9H18NP. The second-order valence-electron chi connectivity index (χ2n) is 3.04. The summed E-state index contributed by atoms with van der Waals surface area (Å²) in [5.41, 5.74) is 1.18. The molecule has 0 aromatic rings. The molecule has 0 saturated heterocycles. The average Bonchev–Trinajstić information content (AvgIpc) is 1.98. The summed E-state index contributed by atoms with van der Waals surface area (Å²) in [6.45, 7) is 6.64. The van der Waals surface area contributed by atoms with E-state index in [0.717, 1.165) is 0 Å². The zero-order valence-electron chi connectivity index (χ0n) is 7.83. The number of nitrogens with zero attached hydrogens (tertiary/aromatic N) is 1. The van der Waals surface area contributed by atoms with E-state index in [1.807, 2.05) is 12.9 Å². The molecule has 0 fully saturated rings. The molecule has 0 amide bonds. The molecule has 0 rings (SSSR count). The van der Waals surface area contributed by atoms with Gasteiger partial charge in [-0.1, -0.05) is 26.6 Å². The van der Waals surface area contributed by atoms with E-state index >= 15 is 0 Å². The van der Waals surface area contributed by atoms with Gasteiger partial charge < -0.3 is 0 Å². The summed E-state index contributed by atoms with van der Waals surface area (Å²) in [5.74, 6) is 3.17. The van der Waals surface area contributed by atoms with Crippen LogP contribution < -0.4 is 0 Å². The van der Waals surface area contributed by atoms with Crippen LogP contribution in [-0.4, -0.2) is 12.8 Å². The van der Waals surface area contributed by atoms with E-state index < -0.39 is 0 Å². The molecule has 0 spiro atoms. The van der Waals surface area contributed by atoms with Gasteiger partial charge in [0.15, 0.2) is 0 Å². The highest BCUT2D eigenvalue weighted by Gasteiger charge is 2.10. The third-order valence-electron chi connectivity index (χ3n) is 1.99. The van der Waals surface area contributed by atoms with Gasteiger partial charge in [0.2, 0.25) is 0 Å². The predicted octanol–water partition coefficient (Wildman–Crippen LogP) is 2.74. The molecule has 0 heterocycles. The van der Waals surface area contributed by atoms with Crippen LogP contribution in [0.3, 0.4) is 0 Å². The molecule has 64 valence electrons. The largest absolute Gasteiger partial charge is 0.293 e. The van der Waals surface area contributed by atoms with Crippen LogP contribution in [-0.2, 0) is 0 Å². The van der Waals surface area contributed by atoms with E-state index in [-0.39, 0.29) is 0 Å². The topological polar surface area (TPSA) is 12.4 Å². The molecule has 2 unspecified atom stereocenters. The van der Waals surface area contributed by atoms with Crippen molar-refractivity contribution in [1.29, 1.82) is 0 Å². The van der Waals surface area contributed by atoms with Crippen molar-refractivity contribution < 1.29 is 0 Å². The van der Waals surface area contributed by atoms with E-state index in [1.165, 1.54) is 5.71 Å². The molecule has 0 N–H and O–H groups in total. The fourth-order valence-corrected chi connectivity index (χ4v) is 1.07. The fraction of sp³-hybridized carbons (Fsp3) is 0.667. The Morgan fingerprint density at radius 2 is 1.91 bits per heavy atom. The van der Waals surface area contributed by atoms with Crippen LogP contribution in [0, 0.1) is 11.8 Å². The van der Waals surface area contributed by atoms with E-state index in [0.29, 0.717) is 11.8 Å². The lowest BCUT2D eigenvalue weighted by Crippen LogP contribution is -2.14. The summed E-state index contributed by atoms with van der Waals surface area (Å²) >= 11 is 0. The zero-order chi connectivity index (χ0) is 8.85. The Labute approximate surface area is 72.2 Å². The maximum Gasteiger partial charge on any atom is 0.0375 e. The second kappa shape index (κ2) is 5.49. The molecule has 0 aliphatic carbocycles. The Hall–Kier alpha value is -0.160. The lowest BCUT2D eigenvalue weighted by atomic mass is 9.93. The van der Waals surface area contributed by atoms with Gasteiger partial charge in [0.1, 0.15) is 0 Å². The number of aliphatic imine (C=N–C) groups is 1. The standard InChI is InChI=1S/C9H18NP/c1-7(2)8(3)9(10-4)5-6-11/h5-8H,11H2,1-4H3. The average molecular weight is 171 g/mol. The van der Waals surface area contributed by atoms with Crippen molar-refractivity contribution in [3.63, 3.8) is 0 Å². The van der Waals surface area contributed by atoms with Gasteiger partial charge in [-0.05, 0) is 12.0 Å². The summed E-state index contributed by atoms with van der Waals surface area (Å²) in [4.78, 5) is 4.22. The molecule has 0 saturated carbocycles. The van der Waals surface area contributed by atoms with E-state index in [2.05, 4.69) is 41.1 Å². The molecule has 0 aliphatic heterocycles. The minimum absolute atomic E-state index is 0.553. The van der Waals surface area contributed by atoms with E-state index in [4.69, 9.17) is 0 Å². The summed E-state index contributed by atoms with van der Waals surface area (Å²) in [7, 11) is 4.41. The van der Waals surface area contributed by atoms with Crippen molar-refractivity contribution in [2.75, 3.05) is 7.05 Å². The first-order valence-corrected chi connectivity index (χ1v) is 4.65. The monoisotopic (exact) mass is 171 g/mol. The van der Waals surface area contributed by atoms with Crippen molar-refractivity contribution in [2.24, 2.45) is 16.8 Å². The SMILES string of the molecule is CN=C(C=CP)C(C)C(C)C. The molecule has 0 bridgehead atoms. The van der Waals surface area contributed by atoms with Crippen LogP contribution in [0.25, 0.3) is 0 Å². The van der Waals surface area contributed by atoms with Gasteiger partial charge in [-0.15, -0.1) is 9.24 Å². The van der Waals surface area contributed by atoms with Gasteiger partial charge in [0.05, 0.1) is 0 Å². The van der Waals surface area contributed by atoms with Crippen molar-refractivity contribution in [3.05, 3.63) is 11.9 Å². The number of allylic oxidation sites excluding steroid dienone is 1. The zero-order valence-corrected chi connectivity index (χ0v) is 8.99. The van der Waals surface area contributed by atoms with Crippen LogP contribution >= 0.6 is 9.24 Å². The summed E-state index contributed by atoms with van der Waals surface area (Å²) in [6, 6.07) is 0. The Morgan fingerprint density at radius 1 is 1.36 bits per heavy atom. The van der Waals surface area contributed by atoms with Gasteiger partial charge in [-0.2, -0.15) is 0 Å². The van der Waals surface area contributed by atoms with Gasteiger partial charge in [-0.25, -0.2) is 0 Å². The minimum Gasteiger partial charge on any atom is -0.293 e. The van der Waals surface area contributed by atoms with Crippen molar-refractivity contribution in [3.8, 4) is 0 Å². The van der Waals surface area contributed by atoms with E-state index in [1.54, 1.807) is 0 Å². The lowest BCUT2D eigenvalue weighted by Gasteiger charge is -2.14. The molecule has 0 radical (unpaired) electrons. The van der Waals surface area contributed by atoms with Gasteiger partial charge in [-0.3, -0.25) is 4.99 Å². The molecular weight excluding hydrogens is 153 g/mol. The normalized spacial score (nSPS) is 16.4. The maximum absolute atomic E-state index is 4.22. The van der Waals surface area contributed by atoms with Crippen LogP contribution in [0.1, 0.15) is 20.8 Å².